The number of halogens is 1. The van der Waals surface area contributed by atoms with Gasteiger partial charge in [0.15, 0.2) is 0 Å². The molecule has 1 atom stereocenters. The second kappa shape index (κ2) is 8.06. The van der Waals surface area contributed by atoms with E-state index in [-0.39, 0.29) is 0 Å². The van der Waals surface area contributed by atoms with E-state index in [2.05, 4.69) is 32.6 Å². The lowest BCUT2D eigenvalue weighted by Crippen LogP contribution is -2.09. The molecule has 2 heteroatoms. The zero-order valence-corrected chi connectivity index (χ0v) is 12.2. The molecule has 1 aromatic rings. The van der Waals surface area contributed by atoms with E-state index in [0.717, 1.165) is 17.9 Å². The van der Waals surface area contributed by atoms with E-state index in [4.69, 9.17) is 16.3 Å². The Morgan fingerprint density at radius 3 is 2.83 bits per heavy atom. The van der Waals surface area contributed by atoms with Gasteiger partial charge in [0.25, 0.3) is 0 Å². The van der Waals surface area contributed by atoms with Gasteiger partial charge >= 0.3 is 0 Å². The van der Waals surface area contributed by atoms with Crippen LogP contribution in [-0.2, 0) is 0 Å². The minimum absolute atomic E-state index is 0.347. The van der Waals surface area contributed by atoms with Crippen molar-refractivity contribution in [2.75, 3.05) is 12.5 Å². The summed E-state index contributed by atoms with van der Waals surface area (Å²) in [5.74, 6) is 7.72. The molecular weight excluding hydrogens is 244 g/mol. The van der Waals surface area contributed by atoms with Crippen LogP contribution in [0.15, 0.2) is 18.2 Å². The Labute approximate surface area is 115 Å². The SMILES string of the molecule is CCCC(C)COc1ccc(C)cc1C#CCCl. The predicted octanol–water partition coefficient (Wildman–Crippen LogP) is 4.40. The Bertz CT molecular complexity index is 428. The second-order valence-electron chi connectivity index (χ2n) is 4.64. The number of ether oxygens (including phenoxy) is 1. The fourth-order valence-corrected chi connectivity index (χ4v) is 1.87. The lowest BCUT2D eigenvalue weighted by atomic mass is 10.1. The summed E-state index contributed by atoms with van der Waals surface area (Å²) >= 11 is 5.60. The molecule has 0 spiro atoms. The van der Waals surface area contributed by atoms with Crippen LogP contribution in [0.3, 0.4) is 0 Å². The highest BCUT2D eigenvalue weighted by Crippen LogP contribution is 2.20. The molecule has 18 heavy (non-hydrogen) atoms. The molecule has 0 heterocycles. The monoisotopic (exact) mass is 264 g/mol. The van der Waals surface area contributed by atoms with Crippen molar-refractivity contribution >= 4 is 11.6 Å². The van der Waals surface area contributed by atoms with Gasteiger partial charge in [-0.3, -0.25) is 0 Å². The third-order valence-corrected chi connectivity index (χ3v) is 2.86. The van der Waals surface area contributed by atoms with Crippen LogP contribution in [0.5, 0.6) is 5.75 Å². The summed E-state index contributed by atoms with van der Waals surface area (Å²) in [7, 11) is 0. The first kappa shape index (κ1) is 14.9. The van der Waals surface area contributed by atoms with Crippen LogP contribution in [0.2, 0.25) is 0 Å². The van der Waals surface area contributed by atoms with Gasteiger partial charge in [0.05, 0.1) is 18.1 Å². The Balaban J connectivity index is 2.75. The summed E-state index contributed by atoms with van der Waals surface area (Å²) in [6, 6.07) is 6.08. The van der Waals surface area contributed by atoms with Crippen LogP contribution in [-0.4, -0.2) is 12.5 Å². The molecule has 0 radical (unpaired) electrons. The van der Waals surface area contributed by atoms with Gasteiger partial charge in [0.1, 0.15) is 5.75 Å². The van der Waals surface area contributed by atoms with Gasteiger partial charge in [-0.05, 0) is 37.0 Å². The predicted molar refractivity (Wildman–Crippen MR) is 78.3 cm³/mol. The fraction of sp³-hybridized carbons (Fsp3) is 0.500. The average Bonchev–Trinajstić information content (AvgIpc) is 2.35. The summed E-state index contributed by atoms with van der Waals surface area (Å²) < 4.78 is 5.86. The third-order valence-electron chi connectivity index (χ3n) is 2.73. The Hall–Kier alpha value is -1.13. The van der Waals surface area contributed by atoms with E-state index in [0.29, 0.717) is 11.8 Å². The quantitative estimate of drug-likeness (QED) is 0.566. The molecule has 0 fully saturated rings. The minimum atomic E-state index is 0.347. The molecule has 0 saturated carbocycles. The van der Waals surface area contributed by atoms with Crippen molar-refractivity contribution in [3.8, 4) is 17.6 Å². The van der Waals surface area contributed by atoms with Crippen molar-refractivity contribution < 1.29 is 4.74 Å². The van der Waals surface area contributed by atoms with Gasteiger partial charge in [-0.2, -0.15) is 0 Å². The van der Waals surface area contributed by atoms with Gasteiger partial charge in [0, 0.05) is 0 Å². The molecule has 0 aromatic heterocycles. The highest BCUT2D eigenvalue weighted by Gasteiger charge is 2.05. The van der Waals surface area contributed by atoms with E-state index >= 15 is 0 Å². The van der Waals surface area contributed by atoms with E-state index in [9.17, 15) is 0 Å². The molecule has 1 nitrogen and oxygen atoms in total. The Kier molecular flexibility index (Phi) is 6.68. The number of hydrogen-bond donors (Lipinski definition) is 0. The summed E-state index contributed by atoms with van der Waals surface area (Å²) in [5.41, 5.74) is 2.11. The molecule has 0 bridgehead atoms. The van der Waals surface area contributed by atoms with Gasteiger partial charge in [0.2, 0.25) is 0 Å². The zero-order chi connectivity index (χ0) is 13.4. The minimum Gasteiger partial charge on any atom is -0.492 e. The molecule has 0 saturated heterocycles. The summed E-state index contributed by atoms with van der Waals surface area (Å²) in [5, 5.41) is 0. The van der Waals surface area contributed by atoms with E-state index in [1.54, 1.807) is 0 Å². The van der Waals surface area contributed by atoms with Crippen molar-refractivity contribution in [3.05, 3.63) is 29.3 Å². The third kappa shape index (κ3) is 5.02. The molecular formula is C16H21ClO. The zero-order valence-electron chi connectivity index (χ0n) is 11.4. The van der Waals surface area contributed by atoms with Crippen molar-refractivity contribution in [2.45, 2.75) is 33.6 Å². The summed E-state index contributed by atoms with van der Waals surface area (Å²) in [6.45, 7) is 7.20. The maximum atomic E-state index is 5.86. The number of aryl methyl sites for hydroxylation is 1. The Morgan fingerprint density at radius 2 is 2.17 bits per heavy atom. The largest absolute Gasteiger partial charge is 0.492 e. The normalized spacial score (nSPS) is 11.6. The van der Waals surface area contributed by atoms with Crippen LogP contribution >= 0.6 is 11.6 Å². The van der Waals surface area contributed by atoms with E-state index in [1.165, 1.54) is 18.4 Å². The van der Waals surface area contributed by atoms with Gasteiger partial charge in [-0.25, -0.2) is 0 Å². The van der Waals surface area contributed by atoms with Crippen molar-refractivity contribution in [3.63, 3.8) is 0 Å². The molecule has 0 aliphatic heterocycles. The van der Waals surface area contributed by atoms with Crippen molar-refractivity contribution in [1.29, 1.82) is 0 Å². The topological polar surface area (TPSA) is 9.23 Å². The van der Waals surface area contributed by atoms with Crippen molar-refractivity contribution in [1.82, 2.24) is 0 Å². The highest BCUT2D eigenvalue weighted by molar-refractivity contribution is 6.19. The number of alkyl halides is 1. The van der Waals surface area contributed by atoms with Crippen LogP contribution in [0, 0.1) is 24.7 Å². The number of rotatable bonds is 5. The number of hydrogen-bond acceptors (Lipinski definition) is 1. The molecule has 1 rings (SSSR count). The first-order valence-electron chi connectivity index (χ1n) is 6.45. The molecule has 98 valence electrons. The van der Waals surface area contributed by atoms with Gasteiger partial charge < -0.3 is 4.74 Å². The molecule has 0 amide bonds. The molecule has 0 aliphatic rings. The maximum Gasteiger partial charge on any atom is 0.134 e. The smallest absolute Gasteiger partial charge is 0.134 e. The lowest BCUT2D eigenvalue weighted by Gasteiger charge is -2.13. The van der Waals surface area contributed by atoms with E-state index < -0.39 is 0 Å². The van der Waals surface area contributed by atoms with Gasteiger partial charge in [-0.15, -0.1) is 11.6 Å². The first-order valence-corrected chi connectivity index (χ1v) is 6.99. The van der Waals surface area contributed by atoms with Crippen LogP contribution in [0.25, 0.3) is 0 Å². The molecule has 1 aromatic carbocycles. The Morgan fingerprint density at radius 1 is 1.39 bits per heavy atom. The van der Waals surface area contributed by atoms with Gasteiger partial charge in [-0.1, -0.05) is 38.2 Å². The second-order valence-corrected chi connectivity index (χ2v) is 4.91. The molecule has 0 aliphatic carbocycles. The van der Waals surface area contributed by atoms with Crippen LogP contribution in [0.1, 0.15) is 37.8 Å². The summed E-state index contributed by atoms with van der Waals surface area (Å²) in [4.78, 5) is 0. The molecule has 1 unspecified atom stereocenters. The van der Waals surface area contributed by atoms with E-state index in [1.807, 2.05) is 18.2 Å². The fourth-order valence-electron chi connectivity index (χ4n) is 1.80. The first-order chi connectivity index (χ1) is 8.67. The van der Waals surface area contributed by atoms with Crippen LogP contribution in [0.4, 0.5) is 0 Å². The molecule has 0 N–H and O–H groups in total. The van der Waals surface area contributed by atoms with Crippen molar-refractivity contribution in [2.24, 2.45) is 5.92 Å². The standard InChI is InChI=1S/C16H21ClO/c1-4-6-14(3)12-18-16-9-8-13(2)11-15(16)7-5-10-17/h8-9,11,14H,4,6,10,12H2,1-3H3. The van der Waals surface area contributed by atoms with Crippen LogP contribution < -0.4 is 4.74 Å². The summed E-state index contributed by atoms with van der Waals surface area (Å²) in [6.07, 6.45) is 2.38. The highest BCUT2D eigenvalue weighted by atomic mass is 35.5. The number of benzene rings is 1. The lowest BCUT2D eigenvalue weighted by molar-refractivity contribution is 0.251. The maximum absolute atomic E-state index is 5.86. The average molecular weight is 265 g/mol.